The minimum Gasteiger partial charge on any atom is -0.508 e. The van der Waals surface area contributed by atoms with E-state index in [0.29, 0.717) is 5.92 Å². The van der Waals surface area contributed by atoms with Crippen molar-refractivity contribution in [2.24, 2.45) is 0 Å². The first kappa shape index (κ1) is 11.9. The van der Waals surface area contributed by atoms with E-state index in [0.717, 1.165) is 19.4 Å². The van der Waals surface area contributed by atoms with Crippen LogP contribution in [0.4, 0.5) is 0 Å². The molecule has 4 heteroatoms. The molecule has 92 valence electrons. The number of nitrogens with one attached hydrogen (secondary N) is 1. The summed E-state index contributed by atoms with van der Waals surface area (Å²) in [4.78, 5) is 11.5. The van der Waals surface area contributed by atoms with Crippen molar-refractivity contribution in [2.75, 3.05) is 13.7 Å². The molecule has 1 saturated heterocycles. The first-order valence-corrected chi connectivity index (χ1v) is 5.81. The molecule has 0 aliphatic carbocycles. The van der Waals surface area contributed by atoms with Gasteiger partial charge in [-0.15, -0.1) is 0 Å². The van der Waals surface area contributed by atoms with E-state index < -0.39 is 0 Å². The Morgan fingerprint density at radius 1 is 1.41 bits per heavy atom. The summed E-state index contributed by atoms with van der Waals surface area (Å²) in [5.74, 6) is 0.418. The Hall–Kier alpha value is -1.55. The summed E-state index contributed by atoms with van der Waals surface area (Å²) < 4.78 is 4.75. The number of phenolic OH excluding ortho intramolecular Hbond substituents is 1. The van der Waals surface area contributed by atoms with Gasteiger partial charge in [0.05, 0.1) is 7.11 Å². The number of methoxy groups -OCH3 is 1. The number of carbonyl (C=O) groups excluding carboxylic acids is 1. The van der Waals surface area contributed by atoms with E-state index in [1.54, 1.807) is 12.1 Å². The average molecular weight is 235 g/mol. The number of benzene rings is 1. The van der Waals surface area contributed by atoms with Crippen molar-refractivity contribution in [1.82, 2.24) is 5.32 Å². The zero-order chi connectivity index (χ0) is 12.3. The summed E-state index contributed by atoms with van der Waals surface area (Å²) in [6.45, 7) is 0.811. The van der Waals surface area contributed by atoms with Crippen LogP contribution in [0.1, 0.15) is 24.3 Å². The molecule has 0 saturated carbocycles. The molecule has 1 fully saturated rings. The van der Waals surface area contributed by atoms with E-state index in [1.165, 1.54) is 12.7 Å². The van der Waals surface area contributed by atoms with Gasteiger partial charge in [0, 0.05) is 0 Å². The highest BCUT2D eigenvalue weighted by Gasteiger charge is 2.28. The van der Waals surface area contributed by atoms with E-state index in [2.05, 4.69) is 5.32 Å². The van der Waals surface area contributed by atoms with Crippen molar-refractivity contribution in [1.29, 1.82) is 0 Å². The number of rotatable bonds is 2. The molecule has 0 spiro atoms. The highest BCUT2D eigenvalue weighted by Crippen LogP contribution is 2.29. The van der Waals surface area contributed by atoms with Crippen LogP contribution in [0.15, 0.2) is 24.3 Å². The molecule has 1 heterocycles. The summed E-state index contributed by atoms with van der Waals surface area (Å²) in [6, 6.07) is 6.99. The third-order valence-corrected chi connectivity index (χ3v) is 3.25. The molecule has 2 rings (SSSR count). The summed E-state index contributed by atoms with van der Waals surface area (Å²) in [5.41, 5.74) is 1.17. The highest BCUT2D eigenvalue weighted by molar-refractivity contribution is 5.75. The molecule has 0 unspecified atom stereocenters. The summed E-state index contributed by atoms with van der Waals surface area (Å²) in [5, 5.41) is 12.4. The van der Waals surface area contributed by atoms with Crippen LogP contribution < -0.4 is 5.32 Å². The number of phenols is 1. The molecule has 17 heavy (non-hydrogen) atoms. The van der Waals surface area contributed by atoms with Crippen LogP contribution in [0.25, 0.3) is 0 Å². The number of carbonyl (C=O) groups is 1. The quantitative estimate of drug-likeness (QED) is 0.761. The Kier molecular flexibility index (Phi) is 3.64. The van der Waals surface area contributed by atoms with Crippen molar-refractivity contribution in [3.8, 4) is 5.75 Å². The smallest absolute Gasteiger partial charge is 0.322 e. The molecule has 0 amide bonds. The lowest BCUT2D eigenvalue weighted by molar-refractivity contribution is -0.143. The second kappa shape index (κ2) is 5.19. The monoisotopic (exact) mass is 235 g/mol. The lowest BCUT2D eigenvalue weighted by Gasteiger charge is -2.28. The molecule has 1 aliphatic rings. The van der Waals surface area contributed by atoms with Gasteiger partial charge in [0.2, 0.25) is 0 Å². The average Bonchev–Trinajstić information content (AvgIpc) is 2.39. The predicted octanol–water partition coefficient (Wildman–Crippen LogP) is 1.40. The Morgan fingerprint density at radius 3 is 2.76 bits per heavy atom. The predicted molar refractivity (Wildman–Crippen MR) is 63.9 cm³/mol. The van der Waals surface area contributed by atoms with Crippen LogP contribution in [-0.4, -0.2) is 30.8 Å². The van der Waals surface area contributed by atoms with E-state index in [9.17, 15) is 9.90 Å². The van der Waals surface area contributed by atoms with Crippen molar-refractivity contribution in [3.05, 3.63) is 29.8 Å². The Morgan fingerprint density at radius 2 is 2.12 bits per heavy atom. The van der Waals surface area contributed by atoms with Crippen molar-refractivity contribution >= 4 is 5.97 Å². The van der Waals surface area contributed by atoms with Crippen molar-refractivity contribution in [2.45, 2.75) is 24.8 Å². The molecule has 0 aromatic heterocycles. The largest absolute Gasteiger partial charge is 0.508 e. The van der Waals surface area contributed by atoms with Gasteiger partial charge in [-0.1, -0.05) is 12.1 Å². The lowest BCUT2D eigenvalue weighted by Crippen LogP contribution is -2.43. The van der Waals surface area contributed by atoms with Gasteiger partial charge in [0.1, 0.15) is 11.8 Å². The standard InChI is InChI=1S/C13H17NO3/c1-17-13(16)12-8-10(6-7-14-12)9-2-4-11(15)5-3-9/h2-5,10,12,14-15H,6-8H2,1H3/t10-,12-/m0/s1. The third kappa shape index (κ3) is 2.77. The van der Waals surface area contributed by atoms with Gasteiger partial charge in [0.25, 0.3) is 0 Å². The summed E-state index contributed by atoms with van der Waals surface area (Å²) in [6.07, 6.45) is 1.75. The van der Waals surface area contributed by atoms with Crippen LogP contribution in [0, 0.1) is 0 Å². The summed E-state index contributed by atoms with van der Waals surface area (Å²) in [7, 11) is 1.41. The normalized spacial score (nSPS) is 24.3. The fourth-order valence-corrected chi connectivity index (χ4v) is 2.29. The topological polar surface area (TPSA) is 58.6 Å². The van der Waals surface area contributed by atoms with E-state index >= 15 is 0 Å². The molecule has 1 aromatic rings. The maximum absolute atomic E-state index is 11.5. The van der Waals surface area contributed by atoms with Gasteiger partial charge >= 0.3 is 5.97 Å². The summed E-state index contributed by atoms with van der Waals surface area (Å²) >= 11 is 0. The van der Waals surface area contributed by atoms with E-state index in [1.807, 2.05) is 12.1 Å². The lowest BCUT2D eigenvalue weighted by atomic mass is 9.86. The number of esters is 1. The Balaban J connectivity index is 2.06. The van der Waals surface area contributed by atoms with Crippen molar-refractivity contribution in [3.63, 3.8) is 0 Å². The molecular weight excluding hydrogens is 218 g/mol. The van der Waals surface area contributed by atoms with E-state index in [4.69, 9.17) is 4.74 Å². The molecule has 0 bridgehead atoms. The van der Waals surface area contributed by atoms with Gasteiger partial charge in [-0.3, -0.25) is 4.79 Å². The minimum atomic E-state index is -0.215. The Bertz CT molecular complexity index is 388. The highest BCUT2D eigenvalue weighted by atomic mass is 16.5. The number of hydrogen-bond acceptors (Lipinski definition) is 4. The first-order valence-electron chi connectivity index (χ1n) is 5.81. The van der Waals surface area contributed by atoms with E-state index in [-0.39, 0.29) is 17.8 Å². The first-order chi connectivity index (χ1) is 8.20. The fourth-order valence-electron chi connectivity index (χ4n) is 2.29. The van der Waals surface area contributed by atoms with Crippen LogP contribution in [-0.2, 0) is 9.53 Å². The number of aromatic hydroxyl groups is 1. The van der Waals surface area contributed by atoms with Crippen LogP contribution >= 0.6 is 0 Å². The van der Waals surface area contributed by atoms with Crippen LogP contribution in [0.3, 0.4) is 0 Å². The molecule has 2 N–H and O–H groups in total. The fraction of sp³-hybridized carbons (Fsp3) is 0.462. The van der Waals surface area contributed by atoms with Crippen molar-refractivity contribution < 1.29 is 14.6 Å². The molecule has 1 aliphatic heterocycles. The van der Waals surface area contributed by atoms with Gasteiger partial charge in [-0.2, -0.15) is 0 Å². The second-order valence-electron chi connectivity index (χ2n) is 4.34. The van der Waals surface area contributed by atoms with Gasteiger partial charge < -0.3 is 15.2 Å². The van der Waals surface area contributed by atoms with Crippen LogP contribution in [0.5, 0.6) is 5.75 Å². The zero-order valence-corrected chi connectivity index (χ0v) is 9.85. The second-order valence-corrected chi connectivity index (χ2v) is 4.34. The molecule has 0 radical (unpaired) electrons. The zero-order valence-electron chi connectivity index (χ0n) is 9.85. The molecule has 1 aromatic carbocycles. The molecular formula is C13H17NO3. The third-order valence-electron chi connectivity index (χ3n) is 3.25. The molecule has 2 atom stereocenters. The van der Waals surface area contributed by atoms with Crippen LogP contribution in [0.2, 0.25) is 0 Å². The molecule has 4 nitrogen and oxygen atoms in total. The minimum absolute atomic E-state index is 0.200. The Labute approximate surface area is 101 Å². The van der Waals surface area contributed by atoms with Gasteiger partial charge in [-0.25, -0.2) is 0 Å². The number of hydrogen-bond donors (Lipinski definition) is 2. The number of piperidine rings is 1. The van der Waals surface area contributed by atoms with Gasteiger partial charge in [-0.05, 0) is 43.0 Å². The van der Waals surface area contributed by atoms with Gasteiger partial charge in [0.15, 0.2) is 0 Å². The maximum Gasteiger partial charge on any atom is 0.322 e. The SMILES string of the molecule is COC(=O)[C@@H]1C[C@@H](c2ccc(O)cc2)CCN1. The maximum atomic E-state index is 11.5. The number of ether oxygens (including phenoxy) is 1.